The molecular weight excluding hydrogens is 308 g/mol. The van der Waals surface area contributed by atoms with Crippen LogP contribution in [0.4, 0.5) is 5.69 Å². The number of carbonyl (C=O) groups is 3. The Balaban J connectivity index is 2.18. The van der Waals surface area contributed by atoms with Crippen LogP contribution in [0.5, 0.6) is 0 Å². The van der Waals surface area contributed by atoms with Gasteiger partial charge in [-0.3, -0.25) is 14.5 Å². The Hall–Kier alpha value is -2.63. The fourth-order valence-corrected chi connectivity index (χ4v) is 3.44. The second kappa shape index (κ2) is 6.11. The monoisotopic (exact) mass is 328 g/mol. The maximum absolute atomic E-state index is 13.0. The van der Waals surface area contributed by atoms with E-state index in [1.165, 1.54) is 9.80 Å². The zero-order valence-electron chi connectivity index (χ0n) is 13.7. The Labute approximate surface area is 140 Å². The molecule has 0 bridgehead atoms. The molecule has 2 amide bonds. The van der Waals surface area contributed by atoms with E-state index in [2.05, 4.69) is 6.58 Å². The molecule has 1 aromatic carbocycles. The van der Waals surface area contributed by atoms with Crippen molar-refractivity contribution >= 4 is 23.5 Å². The standard InChI is InChI=1S/C18H20N2O4/c1-3-11-19-16(22)13-7-5-6-8-14(13)20-15(21)9-10-18(19,20)17(23)24-12-4-2/h3,5-8H,1,4,9-12H2,2H3/t18-/m1/s1. The minimum Gasteiger partial charge on any atom is -0.463 e. The molecule has 6 heteroatoms. The van der Waals surface area contributed by atoms with E-state index in [4.69, 9.17) is 4.74 Å². The van der Waals surface area contributed by atoms with Gasteiger partial charge in [-0.2, -0.15) is 0 Å². The summed E-state index contributed by atoms with van der Waals surface area (Å²) in [6.45, 7) is 5.99. The maximum atomic E-state index is 13.0. The molecule has 2 aliphatic rings. The summed E-state index contributed by atoms with van der Waals surface area (Å²) < 4.78 is 5.36. The van der Waals surface area contributed by atoms with E-state index in [9.17, 15) is 14.4 Å². The van der Waals surface area contributed by atoms with E-state index in [1.54, 1.807) is 30.3 Å². The van der Waals surface area contributed by atoms with Gasteiger partial charge in [0.1, 0.15) is 0 Å². The summed E-state index contributed by atoms with van der Waals surface area (Å²) in [6, 6.07) is 6.86. The van der Waals surface area contributed by atoms with Gasteiger partial charge in [0.05, 0.1) is 17.9 Å². The number of carbonyl (C=O) groups excluding carboxylic acids is 3. The SMILES string of the molecule is C=CCN1C(=O)c2ccccc2N2C(=O)CC[C@@]12C(=O)OCCC. The molecule has 0 N–H and O–H groups in total. The molecule has 1 aromatic rings. The van der Waals surface area contributed by atoms with Gasteiger partial charge in [-0.1, -0.05) is 25.1 Å². The molecule has 3 rings (SSSR count). The fraction of sp³-hybridized carbons (Fsp3) is 0.389. The van der Waals surface area contributed by atoms with Crippen LogP contribution in [0.2, 0.25) is 0 Å². The third kappa shape index (κ3) is 2.13. The third-order valence-electron chi connectivity index (χ3n) is 4.45. The van der Waals surface area contributed by atoms with Crippen molar-refractivity contribution in [2.45, 2.75) is 31.8 Å². The topological polar surface area (TPSA) is 66.9 Å². The Morgan fingerprint density at radius 1 is 1.38 bits per heavy atom. The number of esters is 1. The second-order valence-corrected chi connectivity index (χ2v) is 5.90. The van der Waals surface area contributed by atoms with Crippen LogP contribution in [-0.2, 0) is 14.3 Å². The van der Waals surface area contributed by atoms with Crippen molar-refractivity contribution in [2.75, 3.05) is 18.1 Å². The summed E-state index contributed by atoms with van der Waals surface area (Å²) in [7, 11) is 0. The van der Waals surface area contributed by atoms with Crippen molar-refractivity contribution in [3.63, 3.8) is 0 Å². The fourth-order valence-electron chi connectivity index (χ4n) is 3.44. The van der Waals surface area contributed by atoms with E-state index < -0.39 is 11.6 Å². The molecule has 126 valence electrons. The molecule has 2 heterocycles. The molecule has 1 fully saturated rings. The van der Waals surface area contributed by atoms with Crippen molar-refractivity contribution in [3.05, 3.63) is 42.5 Å². The largest absolute Gasteiger partial charge is 0.463 e. The Bertz CT molecular complexity index is 715. The van der Waals surface area contributed by atoms with Gasteiger partial charge in [0.15, 0.2) is 0 Å². The predicted molar refractivity (Wildman–Crippen MR) is 88.4 cm³/mol. The average molecular weight is 328 g/mol. The van der Waals surface area contributed by atoms with E-state index in [1.807, 2.05) is 6.92 Å². The number of anilines is 1. The Kier molecular flexibility index (Phi) is 4.13. The smallest absolute Gasteiger partial charge is 0.353 e. The highest BCUT2D eigenvalue weighted by molar-refractivity contribution is 6.15. The van der Waals surface area contributed by atoms with Crippen molar-refractivity contribution in [2.24, 2.45) is 0 Å². The number of hydrogen-bond donors (Lipinski definition) is 0. The lowest BCUT2D eigenvalue weighted by molar-refractivity contribution is -0.157. The molecule has 2 aliphatic heterocycles. The van der Waals surface area contributed by atoms with Gasteiger partial charge in [0.2, 0.25) is 11.6 Å². The number of para-hydroxylation sites is 1. The summed E-state index contributed by atoms with van der Waals surface area (Å²) in [5.41, 5.74) is -0.529. The van der Waals surface area contributed by atoms with Gasteiger partial charge in [-0.15, -0.1) is 6.58 Å². The lowest BCUT2D eigenvalue weighted by atomic mass is 9.96. The van der Waals surface area contributed by atoms with Crippen LogP contribution in [0.1, 0.15) is 36.5 Å². The number of hydrogen-bond acceptors (Lipinski definition) is 4. The highest BCUT2D eigenvalue weighted by atomic mass is 16.5. The number of nitrogens with zero attached hydrogens (tertiary/aromatic N) is 2. The number of fused-ring (bicyclic) bond motifs is 3. The van der Waals surface area contributed by atoms with E-state index in [0.29, 0.717) is 17.7 Å². The Morgan fingerprint density at radius 2 is 2.12 bits per heavy atom. The summed E-state index contributed by atoms with van der Waals surface area (Å²) >= 11 is 0. The zero-order chi connectivity index (χ0) is 17.3. The average Bonchev–Trinajstić information content (AvgIpc) is 2.95. The highest BCUT2D eigenvalue weighted by Crippen LogP contribution is 2.44. The summed E-state index contributed by atoms with van der Waals surface area (Å²) in [6.07, 6.45) is 2.64. The molecule has 1 saturated heterocycles. The van der Waals surface area contributed by atoms with Crippen LogP contribution in [0.25, 0.3) is 0 Å². The summed E-state index contributed by atoms with van der Waals surface area (Å²) in [5, 5.41) is 0. The van der Waals surface area contributed by atoms with E-state index in [-0.39, 0.29) is 37.8 Å². The highest BCUT2D eigenvalue weighted by Gasteiger charge is 2.61. The number of rotatable bonds is 5. The van der Waals surface area contributed by atoms with Crippen molar-refractivity contribution in [1.82, 2.24) is 4.90 Å². The zero-order valence-corrected chi connectivity index (χ0v) is 13.7. The minimum atomic E-state index is -1.41. The van der Waals surface area contributed by atoms with Gasteiger partial charge >= 0.3 is 5.97 Å². The molecule has 0 aromatic heterocycles. The van der Waals surface area contributed by atoms with Gasteiger partial charge in [-0.05, 0) is 18.6 Å². The first-order chi connectivity index (χ1) is 11.6. The van der Waals surface area contributed by atoms with Crippen LogP contribution in [-0.4, -0.2) is 41.5 Å². The van der Waals surface area contributed by atoms with Crippen molar-refractivity contribution in [3.8, 4) is 0 Å². The van der Waals surface area contributed by atoms with Gasteiger partial charge in [0, 0.05) is 19.4 Å². The molecule has 1 atom stereocenters. The lowest BCUT2D eigenvalue weighted by Crippen LogP contribution is -2.68. The van der Waals surface area contributed by atoms with E-state index >= 15 is 0 Å². The number of ether oxygens (including phenoxy) is 1. The van der Waals surface area contributed by atoms with Crippen LogP contribution < -0.4 is 4.90 Å². The first-order valence-electron chi connectivity index (χ1n) is 8.10. The quantitative estimate of drug-likeness (QED) is 0.613. The van der Waals surface area contributed by atoms with Gasteiger partial charge in [-0.25, -0.2) is 4.79 Å². The Morgan fingerprint density at radius 3 is 2.83 bits per heavy atom. The molecule has 24 heavy (non-hydrogen) atoms. The summed E-state index contributed by atoms with van der Waals surface area (Å²) in [5.74, 6) is -1.03. The second-order valence-electron chi connectivity index (χ2n) is 5.90. The van der Waals surface area contributed by atoms with Crippen LogP contribution >= 0.6 is 0 Å². The molecule has 0 unspecified atom stereocenters. The van der Waals surface area contributed by atoms with E-state index in [0.717, 1.165) is 0 Å². The number of benzene rings is 1. The summed E-state index contributed by atoms with van der Waals surface area (Å²) in [4.78, 5) is 41.3. The molecule has 6 nitrogen and oxygen atoms in total. The van der Waals surface area contributed by atoms with Crippen LogP contribution in [0, 0.1) is 0 Å². The lowest BCUT2D eigenvalue weighted by Gasteiger charge is -2.48. The molecule has 0 saturated carbocycles. The maximum Gasteiger partial charge on any atom is 0.353 e. The van der Waals surface area contributed by atoms with Gasteiger partial charge < -0.3 is 9.64 Å². The molecular formula is C18H20N2O4. The third-order valence-corrected chi connectivity index (χ3v) is 4.45. The van der Waals surface area contributed by atoms with Gasteiger partial charge in [0.25, 0.3) is 5.91 Å². The normalized spacial score (nSPS) is 22.2. The van der Waals surface area contributed by atoms with Crippen LogP contribution in [0.15, 0.2) is 36.9 Å². The van der Waals surface area contributed by atoms with Crippen LogP contribution in [0.3, 0.4) is 0 Å². The first-order valence-corrected chi connectivity index (χ1v) is 8.10. The van der Waals surface area contributed by atoms with Crippen molar-refractivity contribution in [1.29, 1.82) is 0 Å². The van der Waals surface area contributed by atoms with Crippen molar-refractivity contribution < 1.29 is 19.1 Å². The first kappa shape index (κ1) is 16.2. The minimum absolute atomic E-state index is 0.165. The number of amides is 2. The molecule has 0 spiro atoms. The molecule has 0 aliphatic carbocycles. The molecule has 0 radical (unpaired) electrons. The predicted octanol–water partition coefficient (Wildman–Crippen LogP) is 2.10.